The monoisotopic (exact) mass is 203 g/mol. The van der Waals surface area contributed by atoms with E-state index in [1.807, 2.05) is 24.3 Å². The Balaban J connectivity index is 2.14. The van der Waals surface area contributed by atoms with Crippen LogP contribution in [0.15, 0.2) is 42.5 Å². The first kappa shape index (κ1) is 11.5. The SMILES string of the molecule is NC(=O)CC/C=C/CCc1ccccc1. The van der Waals surface area contributed by atoms with Crippen LogP contribution in [0.25, 0.3) is 0 Å². The Labute approximate surface area is 90.8 Å². The van der Waals surface area contributed by atoms with Gasteiger partial charge in [-0.15, -0.1) is 0 Å². The van der Waals surface area contributed by atoms with Crippen LogP contribution in [-0.2, 0) is 11.2 Å². The third kappa shape index (κ3) is 5.68. The summed E-state index contributed by atoms with van der Waals surface area (Å²) in [6.45, 7) is 0. The second kappa shape index (κ2) is 6.82. The molecule has 0 atom stereocenters. The molecule has 0 bridgehead atoms. The van der Waals surface area contributed by atoms with Crippen LogP contribution in [0.3, 0.4) is 0 Å². The molecule has 80 valence electrons. The molecule has 0 aliphatic rings. The van der Waals surface area contributed by atoms with E-state index in [-0.39, 0.29) is 5.91 Å². The van der Waals surface area contributed by atoms with E-state index in [0.29, 0.717) is 6.42 Å². The van der Waals surface area contributed by atoms with Crippen molar-refractivity contribution in [3.05, 3.63) is 48.0 Å². The average molecular weight is 203 g/mol. The number of hydrogen-bond acceptors (Lipinski definition) is 1. The smallest absolute Gasteiger partial charge is 0.217 e. The summed E-state index contributed by atoms with van der Waals surface area (Å²) in [4.78, 5) is 10.4. The Hall–Kier alpha value is -1.57. The summed E-state index contributed by atoms with van der Waals surface area (Å²) in [7, 11) is 0. The quantitative estimate of drug-likeness (QED) is 0.709. The first-order chi connectivity index (χ1) is 7.29. The predicted molar refractivity (Wildman–Crippen MR) is 62.3 cm³/mol. The molecule has 0 aliphatic carbocycles. The fourth-order valence-electron chi connectivity index (χ4n) is 1.36. The van der Waals surface area contributed by atoms with E-state index in [1.54, 1.807) is 0 Å². The number of allylic oxidation sites excluding steroid dienone is 2. The maximum Gasteiger partial charge on any atom is 0.217 e. The molecule has 0 saturated heterocycles. The molecule has 0 fully saturated rings. The molecule has 1 rings (SSSR count). The van der Waals surface area contributed by atoms with Gasteiger partial charge in [0, 0.05) is 6.42 Å². The highest BCUT2D eigenvalue weighted by Gasteiger charge is 1.90. The Morgan fingerprint density at radius 2 is 1.80 bits per heavy atom. The lowest BCUT2D eigenvalue weighted by molar-refractivity contribution is -0.117. The van der Waals surface area contributed by atoms with Crippen molar-refractivity contribution < 1.29 is 4.79 Å². The Morgan fingerprint density at radius 1 is 1.13 bits per heavy atom. The summed E-state index contributed by atoms with van der Waals surface area (Å²) in [6, 6.07) is 10.4. The zero-order valence-electron chi connectivity index (χ0n) is 8.86. The van der Waals surface area contributed by atoms with Crippen LogP contribution in [0.2, 0.25) is 0 Å². The standard InChI is InChI=1S/C13H17NO/c14-13(15)11-7-2-1-4-8-12-9-5-3-6-10-12/h1-3,5-6,9-10H,4,7-8,11H2,(H2,14,15)/b2-1+. The van der Waals surface area contributed by atoms with Gasteiger partial charge in [0.05, 0.1) is 0 Å². The lowest BCUT2D eigenvalue weighted by Crippen LogP contribution is -2.08. The number of carbonyl (C=O) groups excluding carboxylic acids is 1. The lowest BCUT2D eigenvalue weighted by atomic mass is 10.1. The van der Waals surface area contributed by atoms with Gasteiger partial charge < -0.3 is 5.73 Å². The van der Waals surface area contributed by atoms with E-state index in [9.17, 15) is 4.79 Å². The maximum atomic E-state index is 10.4. The molecule has 0 spiro atoms. The van der Waals surface area contributed by atoms with Crippen LogP contribution in [-0.4, -0.2) is 5.91 Å². The Kier molecular flexibility index (Phi) is 5.23. The molecular formula is C13H17NO. The van der Waals surface area contributed by atoms with Crippen molar-refractivity contribution >= 4 is 5.91 Å². The van der Waals surface area contributed by atoms with Crippen molar-refractivity contribution in [3.63, 3.8) is 0 Å². The molecule has 0 heterocycles. The highest BCUT2D eigenvalue weighted by molar-refractivity contribution is 5.73. The minimum Gasteiger partial charge on any atom is -0.370 e. The first-order valence-corrected chi connectivity index (χ1v) is 5.26. The first-order valence-electron chi connectivity index (χ1n) is 5.26. The van der Waals surface area contributed by atoms with Gasteiger partial charge in [-0.3, -0.25) is 4.79 Å². The van der Waals surface area contributed by atoms with Gasteiger partial charge >= 0.3 is 0 Å². The van der Waals surface area contributed by atoms with Gasteiger partial charge in [-0.1, -0.05) is 42.5 Å². The number of benzene rings is 1. The third-order valence-electron chi connectivity index (χ3n) is 2.17. The Morgan fingerprint density at radius 3 is 2.47 bits per heavy atom. The summed E-state index contributed by atoms with van der Waals surface area (Å²) in [6.07, 6.45) is 7.40. The van der Waals surface area contributed by atoms with Crippen molar-refractivity contribution in [2.75, 3.05) is 0 Å². The van der Waals surface area contributed by atoms with Crippen molar-refractivity contribution in [1.29, 1.82) is 0 Å². The minimum atomic E-state index is -0.234. The number of primary amides is 1. The number of aryl methyl sites for hydroxylation is 1. The van der Waals surface area contributed by atoms with Crippen LogP contribution < -0.4 is 5.73 Å². The molecule has 0 saturated carbocycles. The molecule has 2 nitrogen and oxygen atoms in total. The minimum absolute atomic E-state index is 0.234. The highest BCUT2D eigenvalue weighted by atomic mass is 16.1. The number of nitrogens with two attached hydrogens (primary N) is 1. The Bertz CT molecular complexity index is 317. The summed E-state index contributed by atoms with van der Waals surface area (Å²) in [5.74, 6) is -0.234. The van der Waals surface area contributed by atoms with E-state index in [4.69, 9.17) is 5.73 Å². The summed E-state index contributed by atoms with van der Waals surface area (Å²) in [5, 5.41) is 0. The van der Waals surface area contributed by atoms with Crippen LogP contribution >= 0.6 is 0 Å². The average Bonchev–Trinajstić information content (AvgIpc) is 2.24. The normalized spacial score (nSPS) is 10.7. The van der Waals surface area contributed by atoms with E-state index in [1.165, 1.54) is 5.56 Å². The van der Waals surface area contributed by atoms with Crippen molar-refractivity contribution in [1.82, 2.24) is 0 Å². The molecule has 2 heteroatoms. The van der Waals surface area contributed by atoms with Gasteiger partial charge in [-0.05, 0) is 24.8 Å². The number of hydrogen-bond donors (Lipinski definition) is 1. The fourth-order valence-corrected chi connectivity index (χ4v) is 1.36. The van der Waals surface area contributed by atoms with E-state index in [0.717, 1.165) is 19.3 Å². The maximum absolute atomic E-state index is 10.4. The summed E-state index contributed by atoms with van der Waals surface area (Å²) >= 11 is 0. The van der Waals surface area contributed by atoms with Crippen molar-refractivity contribution in [2.24, 2.45) is 5.73 Å². The molecular weight excluding hydrogens is 186 g/mol. The molecule has 1 aromatic rings. The van der Waals surface area contributed by atoms with Crippen LogP contribution in [0.5, 0.6) is 0 Å². The van der Waals surface area contributed by atoms with Gasteiger partial charge in [-0.25, -0.2) is 0 Å². The molecule has 0 aliphatic heterocycles. The van der Waals surface area contributed by atoms with Crippen molar-refractivity contribution in [2.45, 2.75) is 25.7 Å². The van der Waals surface area contributed by atoms with Crippen LogP contribution in [0.4, 0.5) is 0 Å². The number of rotatable bonds is 6. The molecule has 0 radical (unpaired) electrons. The zero-order valence-corrected chi connectivity index (χ0v) is 8.86. The third-order valence-corrected chi connectivity index (χ3v) is 2.17. The molecule has 1 amide bonds. The lowest BCUT2D eigenvalue weighted by Gasteiger charge is -1.96. The summed E-state index contributed by atoms with van der Waals surface area (Å²) < 4.78 is 0. The molecule has 0 unspecified atom stereocenters. The topological polar surface area (TPSA) is 43.1 Å². The van der Waals surface area contributed by atoms with Crippen LogP contribution in [0.1, 0.15) is 24.8 Å². The van der Waals surface area contributed by atoms with Gasteiger partial charge in [0.1, 0.15) is 0 Å². The molecule has 2 N–H and O–H groups in total. The van der Waals surface area contributed by atoms with Gasteiger partial charge in [-0.2, -0.15) is 0 Å². The van der Waals surface area contributed by atoms with Gasteiger partial charge in [0.15, 0.2) is 0 Å². The van der Waals surface area contributed by atoms with E-state index in [2.05, 4.69) is 18.2 Å². The van der Waals surface area contributed by atoms with Gasteiger partial charge in [0.25, 0.3) is 0 Å². The fraction of sp³-hybridized carbons (Fsp3) is 0.308. The number of amides is 1. The highest BCUT2D eigenvalue weighted by Crippen LogP contribution is 2.03. The number of carbonyl (C=O) groups is 1. The molecule has 15 heavy (non-hydrogen) atoms. The van der Waals surface area contributed by atoms with E-state index < -0.39 is 0 Å². The largest absolute Gasteiger partial charge is 0.370 e. The molecule has 0 aromatic heterocycles. The van der Waals surface area contributed by atoms with Crippen LogP contribution in [0, 0.1) is 0 Å². The van der Waals surface area contributed by atoms with Gasteiger partial charge in [0.2, 0.25) is 5.91 Å². The zero-order chi connectivity index (χ0) is 10.9. The molecule has 1 aromatic carbocycles. The van der Waals surface area contributed by atoms with Crippen molar-refractivity contribution in [3.8, 4) is 0 Å². The predicted octanol–water partition coefficient (Wildman–Crippen LogP) is 2.44. The summed E-state index contributed by atoms with van der Waals surface area (Å²) in [5.41, 5.74) is 6.37. The second-order valence-corrected chi connectivity index (χ2v) is 3.50. The second-order valence-electron chi connectivity index (χ2n) is 3.50. The van der Waals surface area contributed by atoms with E-state index >= 15 is 0 Å².